The van der Waals surface area contributed by atoms with E-state index >= 15 is 0 Å². The fraction of sp³-hybridized carbons (Fsp3) is 0.500. The van der Waals surface area contributed by atoms with Gasteiger partial charge in [-0.2, -0.15) is 8.78 Å². The number of benzene rings is 1. The highest BCUT2D eigenvalue weighted by molar-refractivity contribution is 7.71. The van der Waals surface area contributed by atoms with Gasteiger partial charge in [0.15, 0.2) is 0 Å². The zero-order chi connectivity index (χ0) is 26.4. The third-order valence-corrected chi connectivity index (χ3v) is 5.40. The van der Waals surface area contributed by atoms with Crippen LogP contribution in [0.5, 0.6) is 0 Å². The highest BCUT2D eigenvalue weighted by Crippen LogP contribution is 2.40. The second-order valence-electron chi connectivity index (χ2n) is 8.07. The molecule has 11 heteroatoms. The summed E-state index contributed by atoms with van der Waals surface area (Å²) in [4.78, 5) is 4.01. The largest absolute Gasteiger partial charge is 0.342 e. The van der Waals surface area contributed by atoms with Crippen LogP contribution in [0.25, 0.3) is 0 Å². The maximum Gasteiger partial charge on any atom is 0.287 e. The van der Waals surface area contributed by atoms with Crippen molar-refractivity contribution < 1.29 is 27.0 Å². The summed E-state index contributed by atoms with van der Waals surface area (Å²) in [5.74, 6) is -7.15. The Balaban J connectivity index is 0.000000280. The topological polar surface area (TPSA) is 67.9 Å². The third-order valence-electron chi connectivity index (χ3n) is 5.08. The molecule has 3 heterocycles. The van der Waals surface area contributed by atoms with Crippen molar-refractivity contribution in [2.45, 2.75) is 65.7 Å². The van der Waals surface area contributed by atoms with Gasteiger partial charge in [-0.1, -0.05) is 43.7 Å². The molecule has 1 aromatic carbocycles. The van der Waals surface area contributed by atoms with Crippen molar-refractivity contribution in [3.05, 3.63) is 69.2 Å². The van der Waals surface area contributed by atoms with E-state index in [9.17, 15) is 17.6 Å². The van der Waals surface area contributed by atoms with Crippen LogP contribution in [0.2, 0.25) is 0 Å². The van der Waals surface area contributed by atoms with Gasteiger partial charge in [0.1, 0.15) is 12.2 Å². The maximum absolute atomic E-state index is 14.0. The van der Waals surface area contributed by atoms with E-state index in [4.69, 9.17) is 21.7 Å². The number of hydrogen-bond acceptors (Lipinski definition) is 4. The molecule has 2 aromatic heterocycles. The van der Waals surface area contributed by atoms with Crippen molar-refractivity contribution >= 4 is 12.2 Å². The second-order valence-corrected chi connectivity index (χ2v) is 8.46. The molecule has 1 saturated heterocycles. The predicted molar refractivity (Wildman–Crippen MR) is 128 cm³/mol. The highest BCUT2D eigenvalue weighted by atomic mass is 32.1. The zero-order valence-electron chi connectivity index (χ0n) is 20.7. The molecule has 3 aromatic rings. The molecule has 2 N–H and O–H groups in total. The van der Waals surface area contributed by atoms with Crippen molar-refractivity contribution in [3.63, 3.8) is 0 Å². The first-order valence-corrected chi connectivity index (χ1v) is 11.7. The van der Waals surface area contributed by atoms with Crippen LogP contribution < -0.4 is 0 Å². The number of ether oxygens (including phenoxy) is 2. The van der Waals surface area contributed by atoms with Gasteiger partial charge in [0.25, 0.3) is 11.8 Å². The first kappa shape index (κ1) is 28.7. The van der Waals surface area contributed by atoms with E-state index in [0.717, 1.165) is 19.4 Å². The van der Waals surface area contributed by atoms with Crippen molar-refractivity contribution in [2.75, 3.05) is 13.2 Å². The number of alkyl halides is 4. The minimum Gasteiger partial charge on any atom is -0.342 e. The number of aryl methyl sites for hydroxylation is 2. The van der Waals surface area contributed by atoms with Crippen LogP contribution in [0.3, 0.4) is 0 Å². The van der Waals surface area contributed by atoms with Gasteiger partial charge in [-0.25, -0.2) is 18.7 Å². The fourth-order valence-corrected chi connectivity index (χ4v) is 3.49. The summed E-state index contributed by atoms with van der Waals surface area (Å²) in [6, 6.07) is 9.53. The molecule has 0 saturated carbocycles. The van der Waals surface area contributed by atoms with Crippen LogP contribution >= 0.6 is 12.2 Å². The molecular formula is C24H32F4N4O2S. The van der Waals surface area contributed by atoms with Crippen LogP contribution in [0.15, 0.2) is 36.4 Å². The molecule has 0 aliphatic carbocycles. The minimum atomic E-state index is -3.11. The molecule has 6 nitrogen and oxygen atoms in total. The van der Waals surface area contributed by atoms with Gasteiger partial charge in [-0.05, 0) is 38.2 Å². The molecule has 0 bridgehead atoms. The number of nitrogens with zero attached hydrogens (tertiary/aromatic N) is 2. The quantitative estimate of drug-likeness (QED) is 0.292. The summed E-state index contributed by atoms with van der Waals surface area (Å²) in [6.45, 7) is 10.0. The van der Waals surface area contributed by atoms with Crippen LogP contribution in [0.1, 0.15) is 55.8 Å². The SMILES string of the molecule is CC.Cc1ccc(C(C)(F)F)cc1.Cc1ccc(C2(Cn3[nH][nH]c3=S)OCCO2)c(C(C)(F)F)n1. The van der Waals surface area contributed by atoms with E-state index in [0.29, 0.717) is 23.7 Å². The first-order valence-electron chi connectivity index (χ1n) is 11.2. The summed E-state index contributed by atoms with van der Waals surface area (Å²) in [6.07, 6.45) is 0. The number of rotatable bonds is 5. The number of pyridine rings is 1. The summed E-state index contributed by atoms with van der Waals surface area (Å²) < 4.78 is 66.5. The molecule has 194 valence electrons. The lowest BCUT2D eigenvalue weighted by Gasteiger charge is -2.31. The molecule has 0 radical (unpaired) electrons. The molecule has 4 rings (SSSR count). The van der Waals surface area contributed by atoms with E-state index in [2.05, 4.69) is 15.3 Å². The molecule has 1 fully saturated rings. The van der Waals surface area contributed by atoms with E-state index < -0.39 is 17.6 Å². The lowest BCUT2D eigenvalue weighted by atomic mass is 9.99. The van der Waals surface area contributed by atoms with Gasteiger partial charge in [0.05, 0.1) is 13.2 Å². The molecule has 0 atom stereocenters. The van der Waals surface area contributed by atoms with E-state index in [1.165, 1.54) is 12.1 Å². The molecule has 0 spiro atoms. The summed E-state index contributed by atoms with van der Waals surface area (Å²) in [7, 11) is 0. The molecular weight excluding hydrogens is 484 g/mol. The second kappa shape index (κ2) is 11.5. The average Bonchev–Trinajstić information content (AvgIpc) is 3.27. The Labute approximate surface area is 207 Å². The van der Waals surface area contributed by atoms with E-state index in [1.807, 2.05) is 20.8 Å². The Kier molecular flexibility index (Phi) is 9.43. The van der Waals surface area contributed by atoms with E-state index in [1.54, 1.807) is 35.9 Å². The van der Waals surface area contributed by atoms with Crippen LogP contribution in [0.4, 0.5) is 17.6 Å². The number of H-pyrrole nitrogens is 2. The van der Waals surface area contributed by atoms with Gasteiger partial charge in [0, 0.05) is 30.7 Å². The van der Waals surface area contributed by atoms with Gasteiger partial charge in [-0.15, -0.1) is 0 Å². The predicted octanol–water partition coefficient (Wildman–Crippen LogP) is 6.72. The lowest BCUT2D eigenvalue weighted by Crippen LogP contribution is -2.38. The lowest BCUT2D eigenvalue weighted by molar-refractivity contribution is -0.182. The number of nitrogens with one attached hydrogen (secondary N) is 2. The summed E-state index contributed by atoms with van der Waals surface area (Å²) in [5.41, 5.74) is 1.46. The summed E-state index contributed by atoms with van der Waals surface area (Å²) in [5, 5.41) is 5.45. The zero-order valence-corrected chi connectivity index (χ0v) is 21.5. The van der Waals surface area contributed by atoms with Crippen molar-refractivity contribution in [3.8, 4) is 0 Å². The highest BCUT2D eigenvalue weighted by Gasteiger charge is 2.45. The van der Waals surface area contributed by atoms with Crippen LogP contribution in [-0.2, 0) is 33.7 Å². The van der Waals surface area contributed by atoms with E-state index in [-0.39, 0.29) is 23.4 Å². The average molecular weight is 517 g/mol. The number of aromatic nitrogens is 4. The van der Waals surface area contributed by atoms with Crippen molar-refractivity contribution in [2.24, 2.45) is 0 Å². The minimum absolute atomic E-state index is 0.0723. The Bertz CT molecular complexity index is 1120. The Morgan fingerprint density at radius 3 is 1.97 bits per heavy atom. The fourth-order valence-electron chi connectivity index (χ4n) is 3.33. The first-order chi connectivity index (χ1) is 16.3. The third kappa shape index (κ3) is 7.25. The van der Waals surface area contributed by atoms with Crippen molar-refractivity contribution in [1.82, 2.24) is 20.0 Å². The van der Waals surface area contributed by atoms with Gasteiger partial charge >= 0.3 is 0 Å². The maximum atomic E-state index is 14.0. The number of aromatic amines is 2. The van der Waals surface area contributed by atoms with Gasteiger partial charge in [-0.3, -0.25) is 10.1 Å². The summed E-state index contributed by atoms with van der Waals surface area (Å²) >= 11 is 5.04. The molecule has 1 aliphatic rings. The number of hydrogen-bond donors (Lipinski definition) is 2. The Hall–Kier alpha value is -2.50. The van der Waals surface area contributed by atoms with Gasteiger partial charge in [0.2, 0.25) is 10.6 Å². The Morgan fingerprint density at radius 1 is 0.971 bits per heavy atom. The monoisotopic (exact) mass is 516 g/mol. The molecule has 1 aliphatic heterocycles. The van der Waals surface area contributed by atoms with Gasteiger partial charge < -0.3 is 9.47 Å². The van der Waals surface area contributed by atoms with Crippen LogP contribution in [-0.4, -0.2) is 33.2 Å². The van der Waals surface area contributed by atoms with Crippen LogP contribution in [0, 0.1) is 18.6 Å². The Morgan fingerprint density at radius 2 is 1.54 bits per heavy atom. The normalized spacial score (nSPS) is 15.1. The molecule has 0 unspecified atom stereocenters. The number of halogens is 4. The molecule has 35 heavy (non-hydrogen) atoms. The van der Waals surface area contributed by atoms with Crippen molar-refractivity contribution in [1.29, 1.82) is 0 Å². The standard InChI is InChI=1S/C13H16F2N4O2S.C9H10F2.C2H6/c1-8-3-4-9(10(16-8)12(2,14)15)13(20-5-6-21-13)7-19-11(22)17-18-19;1-7-3-5-8(6-4-7)9(2,10)11;1-2/h3-4,18H,5-7H2,1-2H3,(H,17,22);3-6H,1-2H3;1-2H3. The molecule has 0 amide bonds. The smallest absolute Gasteiger partial charge is 0.287 e.